The van der Waals surface area contributed by atoms with E-state index in [4.69, 9.17) is 4.74 Å². The van der Waals surface area contributed by atoms with Crippen LogP contribution in [0.2, 0.25) is 0 Å². The molecule has 3 N–H and O–H groups in total. The highest BCUT2D eigenvalue weighted by Gasteiger charge is 2.57. The molecule has 0 saturated carbocycles. The molecule has 0 unspecified atom stereocenters. The SMILES string of the molecule is C[C@@]1(C(=O)N2CCN(c3ccccc3)CC2)[C@@H](C(=O)NO)C[C@H](Oc2cccnc2)CN1C(=O)O. The quantitative estimate of drug-likeness (QED) is 0.430. The number of hydroxylamine groups is 1. The van der Waals surface area contributed by atoms with E-state index in [2.05, 4.69) is 9.88 Å². The molecule has 2 aliphatic rings. The predicted octanol–water partition coefficient (Wildman–Crippen LogP) is 1.44. The second-order valence-corrected chi connectivity index (χ2v) is 8.85. The Bertz CT molecular complexity index is 1050. The molecule has 11 nitrogen and oxygen atoms in total. The molecule has 2 aromatic rings. The Hall–Kier alpha value is -3.86. The number of benzene rings is 1. The topological polar surface area (TPSA) is 136 Å². The first-order valence-corrected chi connectivity index (χ1v) is 11.4. The average Bonchev–Trinajstić information content (AvgIpc) is 2.89. The van der Waals surface area contributed by atoms with Crippen LogP contribution in [0.5, 0.6) is 5.75 Å². The first-order valence-electron chi connectivity index (χ1n) is 11.4. The summed E-state index contributed by atoms with van der Waals surface area (Å²) in [5.41, 5.74) is 0.940. The van der Waals surface area contributed by atoms with E-state index >= 15 is 0 Å². The van der Waals surface area contributed by atoms with Crippen LogP contribution in [-0.2, 0) is 9.59 Å². The van der Waals surface area contributed by atoms with Gasteiger partial charge in [-0.25, -0.2) is 10.3 Å². The molecule has 186 valence electrons. The smallest absolute Gasteiger partial charge is 0.408 e. The lowest BCUT2D eigenvalue weighted by Gasteiger charge is -2.50. The molecule has 0 spiro atoms. The number of piperidine rings is 1. The zero-order chi connectivity index (χ0) is 25.0. The lowest BCUT2D eigenvalue weighted by atomic mass is 9.75. The second kappa shape index (κ2) is 10.2. The molecule has 0 aliphatic carbocycles. The van der Waals surface area contributed by atoms with Crippen LogP contribution in [0, 0.1) is 5.92 Å². The monoisotopic (exact) mass is 483 g/mol. The Kier molecular flexibility index (Phi) is 7.06. The number of para-hydroxylation sites is 1. The molecule has 35 heavy (non-hydrogen) atoms. The fraction of sp³-hybridized carbons (Fsp3) is 0.417. The number of ether oxygens (including phenoxy) is 1. The van der Waals surface area contributed by atoms with Crippen LogP contribution in [0.15, 0.2) is 54.9 Å². The van der Waals surface area contributed by atoms with Gasteiger partial charge in [-0.1, -0.05) is 18.2 Å². The van der Waals surface area contributed by atoms with Crippen molar-refractivity contribution < 1.29 is 29.4 Å². The molecular formula is C24H29N5O6. The summed E-state index contributed by atoms with van der Waals surface area (Å²) in [4.78, 5) is 47.6. The van der Waals surface area contributed by atoms with E-state index in [0.717, 1.165) is 10.6 Å². The van der Waals surface area contributed by atoms with Crippen molar-refractivity contribution in [3.8, 4) is 5.75 Å². The van der Waals surface area contributed by atoms with Gasteiger partial charge in [-0.3, -0.25) is 24.7 Å². The third kappa shape index (κ3) is 4.85. The largest absolute Gasteiger partial charge is 0.487 e. The van der Waals surface area contributed by atoms with Gasteiger partial charge < -0.3 is 19.6 Å². The van der Waals surface area contributed by atoms with Gasteiger partial charge in [0.15, 0.2) is 0 Å². The molecule has 0 bridgehead atoms. The van der Waals surface area contributed by atoms with E-state index in [1.165, 1.54) is 13.1 Å². The molecule has 3 atom stereocenters. The first kappa shape index (κ1) is 24.3. The molecule has 0 radical (unpaired) electrons. The molecule has 2 fully saturated rings. The van der Waals surface area contributed by atoms with Gasteiger partial charge in [-0.15, -0.1) is 0 Å². The molecule has 4 rings (SSSR count). The maximum absolute atomic E-state index is 13.8. The summed E-state index contributed by atoms with van der Waals surface area (Å²) < 4.78 is 5.88. The fourth-order valence-electron chi connectivity index (χ4n) is 4.95. The van der Waals surface area contributed by atoms with E-state index < -0.39 is 35.5 Å². The fourth-order valence-corrected chi connectivity index (χ4v) is 4.95. The number of pyridine rings is 1. The number of hydrogen-bond donors (Lipinski definition) is 3. The van der Waals surface area contributed by atoms with Crippen LogP contribution in [0.3, 0.4) is 0 Å². The minimum Gasteiger partial charge on any atom is -0.487 e. The first-order chi connectivity index (χ1) is 16.8. The standard InChI is InChI=1S/C24H29N5O6/c1-24(22(31)28-12-10-27(11-13-28)17-6-3-2-4-7-17)20(21(30)26-34)14-19(16-29(24)23(32)33)35-18-8-5-9-25-15-18/h2-9,15,19-20,34H,10-14,16H2,1H3,(H,26,30)(H,32,33)/t19-,20+,24-/m0/s1. The number of anilines is 1. The van der Waals surface area contributed by atoms with Gasteiger partial charge in [0.1, 0.15) is 17.4 Å². The van der Waals surface area contributed by atoms with Crippen LogP contribution in [-0.4, -0.2) is 87.4 Å². The van der Waals surface area contributed by atoms with Gasteiger partial charge >= 0.3 is 6.09 Å². The summed E-state index contributed by atoms with van der Waals surface area (Å²) in [6, 6.07) is 13.2. The molecular weight excluding hydrogens is 454 g/mol. The number of amides is 3. The number of likely N-dealkylation sites (tertiary alicyclic amines) is 1. The van der Waals surface area contributed by atoms with Gasteiger partial charge in [0.05, 0.1) is 18.7 Å². The summed E-state index contributed by atoms with van der Waals surface area (Å²) in [6.07, 6.45) is 1.04. The van der Waals surface area contributed by atoms with Crippen LogP contribution in [0.4, 0.5) is 10.5 Å². The molecule has 2 saturated heterocycles. The number of carboxylic acid groups (broad SMARTS) is 1. The van der Waals surface area contributed by atoms with E-state index in [1.54, 1.807) is 28.7 Å². The normalized spacial score (nSPS) is 24.6. The minimum absolute atomic E-state index is 0.0390. The van der Waals surface area contributed by atoms with Crippen molar-refractivity contribution in [2.75, 3.05) is 37.6 Å². The van der Waals surface area contributed by atoms with Gasteiger partial charge in [0.2, 0.25) is 11.8 Å². The van der Waals surface area contributed by atoms with Crippen molar-refractivity contribution in [3.63, 3.8) is 0 Å². The molecule has 11 heteroatoms. The lowest BCUT2D eigenvalue weighted by Crippen LogP contribution is -2.71. The number of carbonyl (C=O) groups is 3. The third-order valence-corrected chi connectivity index (χ3v) is 6.84. The number of piperazine rings is 1. The van der Waals surface area contributed by atoms with E-state index in [-0.39, 0.29) is 13.0 Å². The zero-order valence-electron chi connectivity index (χ0n) is 19.4. The maximum Gasteiger partial charge on any atom is 0.408 e. The van der Waals surface area contributed by atoms with E-state index in [9.17, 15) is 24.7 Å². The number of rotatable bonds is 5. The number of nitrogens with zero attached hydrogens (tertiary/aromatic N) is 4. The molecule has 1 aromatic carbocycles. The predicted molar refractivity (Wildman–Crippen MR) is 125 cm³/mol. The van der Waals surface area contributed by atoms with Gasteiger partial charge in [-0.2, -0.15) is 0 Å². The van der Waals surface area contributed by atoms with Crippen molar-refractivity contribution in [1.29, 1.82) is 0 Å². The van der Waals surface area contributed by atoms with Crippen molar-refractivity contribution >= 4 is 23.6 Å². The third-order valence-electron chi connectivity index (χ3n) is 6.84. The summed E-state index contributed by atoms with van der Waals surface area (Å²) in [7, 11) is 0. The van der Waals surface area contributed by atoms with Crippen molar-refractivity contribution in [3.05, 3.63) is 54.9 Å². The van der Waals surface area contributed by atoms with E-state index in [1.807, 2.05) is 30.3 Å². The molecule has 3 heterocycles. The molecule has 1 aromatic heterocycles. The van der Waals surface area contributed by atoms with Crippen LogP contribution < -0.4 is 15.1 Å². The maximum atomic E-state index is 13.8. The van der Waals surface area contributed by atoms with Crippen molar-refractivity contribution in [1.82, 2.24) is 20.3 Å². The summed E-state index contributed by atoms with van der Waals surface area (Å²) in [6.45, 7) is 3.23. The Balaban J connectivity index is 1.56. The number of carbonyl (C=O) groups excluding carboxylic acids is 2. The highest BCUT2D eigenvalue weighted by atomic mass is 16.5. The van der Waals surface area contributed by atoms with Crippen LogP contribution >= 0.6 is 0 Å². The Morgan fingerprint density at radius 2 is 1.80 bits per heavy atom. The van der Waals surface area contributed by atoms with Gasteiger partial charge in [0.25, 0.3) is 0 Å². The molecule has 2 aliphatic heterocycles. The number of nitrogens with one attached hydrogen (secondary N) is 1. The van der Waals surface area contributed by atoms with Gasteiger partial charge in [0, 0.05) is 44.5 Å². The summed E-state index contributed by atoms with van der Waals surface area (Å²) >= 11 is 0. The highest BCUT2D eigenvalue weighted by Crippen LogP contribution is 2.37. The van der Waals surface area contributed by atoms with Gasteiger partial charge in [-0.05, 0) is 31.2 Å². The Labute approximate surface area is 202 Å². The van der Waals surface area contributed by atoms with Crippen molar-refractivity contribution in [2.24, 2.45) is 5.92 Å². The summed E-state index contributed by atoms with van der Waals surface area (Å²) in [5.74, 6) is -2.06. The lowest BCUT2D eigenvalue weighted by molar-refractivity contribution is -0.161. The number of aromatic nitrogens is 1. The van der Waals surface area contributed by atoms with Crippen LogP contribution in [0.1, 0.15) is 13.3 Å². The average molecular weight is 484 g/mol. The highest BCUT2D eigenvalue weighted by molar-refractivity contribution is 5.96. The Morgan fingerprint density at radius 1 is 1.09 bits per heavy atom. The zero-order valence-corrected chi connectivity index (χ0v) is 19.4. The summed E-state index contributed by atoms with van der Waals surface area (Å²) in [5, 5.41) is 19.5. The Morgan fingerprint density at radius 3 is 2.40 bits per heavy atom. The van der Waals surface area contributed by atoms with E-state index in [0.29, 0.717) is 31.9 Å². The number of hydrogen-bond acceptors (Lipinski definition) is 7. The second-order valence-electron chi connectivity index (χ2n) is 8.85. The van der Waals surface area contributed by atoms with Crippen molar-refractivity contribution in [2.45, 2.75) is 25.0 Å². The molecule has 3 amide bonds. The minimum atomic E-state index is -1.72. The van der Waals surface area contributed by atoms with Crippen LogP contribution in [0.25, 0.3) is 0 Å².